The molecule has 1 unspecified atom stereocenters. The Morgan fingerprint density at radius 1 is 1.33 bits per heavy atom. The fraction of sp³-hybridized carbons (Fsp3) is 0.588. The van der Waals surface area contributed by atoms with Gasteiger partial charge in [0.1, 0.15) is 5.75 Å². The Morgan fingerprint density at radius 3 is 2.75 bits per heavy atom. The quantitative estimate of drug-likeness (QED) is 0.832. The minimum Gasteiger partial charge on any atom is -0.490 e. The van der Waals surface area contributed by atoms with Gasteiger partial charge in [-0.2, -0.15) is 0 Å². The molecule has 1 aliphatic heterocycles. The summed E-state index contributed by atoms with van der Waals surface area (Å²) >= 11 is 0. The van der Waals surface area contributed by atoms with Gasteiger partial charge in [-0.3, -0.25) is 4.79 Å². The first kappa shape index (κ1) is 17.2. The lowest BCUT2D eigenvalue weighted by molar-refractivity contribution is 0.0609. The molecule has 1 aromatic carbocycles. The van der Waals surface area contributed by atoms with Crippen molar-refractivity contribution in [1.82, 2.24) is 5.32 Å². The van der Waals surface area contributed by atoms with Gasteiger partial charge in [0.15, 0.2) is 9.84 Å². The minimum absolute atomic E-state index is 0.0376. The van der Waals surface area contributed by atoms with E-state index in [0.29, 0.717) is 11.3 Å². The third-order valence-corrected chi connectivity index (χ3v) is 6.45. The Bertz CT molecular complexity index is 711. The molecule has 1 aliphatic carbocycles. The van der Waals surface area contributed by atoms with Crippen molar-refractivity contribution in [2.45, 2.75) is 43.8 Å². The Balaban J connectivity index is 1.58. The van der Waals surface area contributed by atoms with Crippen LogP contribution in [0.5, 0.6) is 5.75 Å². The highest BCUT2D eigenvalue weighted by atomic mass is 32.2. The van der Waals surface area contributed by atoms with E-state index in [2.05, 4.69) is 5.32 Å². The molecule has 1 amide bonds. The first-order valence-corrected chi connectivity index (χ1v) is 10.2. The molecule has 1 aromatic rings. The highest BCUT2D eigenvalue weighted by molar-refractivity contribution is 7.91. The number of hydrogen-bond acceptors (Lipinski definition) is 5. The maximum atomic E-state index is 12.3. The van der Waals surface area contributed by atoms with E-state index in [-0.39, 0.29) is 36.5 Å². The number of carbonyl (C=O) groups is 1. The van der Waals surface area contributed by atoms with Gasteiger partial charge in [0.2, 0.25) is 0 Å². The summed E-state index contributed by atoms with van der Waals surface area (Å²) in [6, 6.07) is 6.94. The largest absolute Gasteiger partial charge is 0.490 e. The number of amides is 1. The Kier molecular flexibility index (Phi) is 4.83. The molecule has 1 saturated carbocycles. The lowest BCUT2D eigenvalue weighted by Gasteiger charge is -2.21. The molecule has 132 valence electrons. The van der Waals surface area contributed by atoms with Crippen molar-refractivity contribution in [3.8, 4) is 5.75 Å². The number of carbonyl (C=O) groups excluding carboxylic acids is 1. The van der Waals surface area contributed by atoms with Gasteiger partial charge in [-0.15, -0.1) is 0 Å². The van der Waals surface area contributed by atoms with Crippen molar-refractivity contribution in [3.05, 3.63) is 29.8 Å². The van der Waals surface area contributed by atoms with Crippen LogP contribution < -0.4 is 10.1 Å². The smallest absolute Gasteiger partial charge is 0.251 e. The normalized spacial score (nSPS) is 26.4. The summed E-state index contributed by atoms with van der Waals surface area (Å²) in [5.74, 6) is -0.0175. The van der Waals surface area contributed by atoms with Crippen LogP contribution in [-0.2, 0) is 9.84 Å². The molecule has 2 N–H and O–H groups in total. The maximum Gasteiger partial charge on any atom is 0.251 e. The van der Waals surface area contributed by atoms with E-state index in [0.717, 1.165) is 12.8 Å². The highest BCUT2D eigenvalue weighted by Crippen LogP contribution is 2.25. The van der Waals surface area contributed by atoms with Gasteiger partial charge >= 0.3 is 0 Å². The molecule has 6 nitrogen and oxygen atoms in total. The first-order chi connectivity index (χ1) is 11.4. The van der Waals surface area contributed by atoms with Crippen molar-refractivity contribution >= 4 is 15.7 Å². The van der Waals surface area contributed by atoms with E-state index in [4.69, 9.17) is 4.74 Å². The molecule has 1 saturated heterocycles. The van der Waals surface area contributed by atoms with Crippen LogP contribution in [0.1, 0.15) is 42.5 Å². The summed E-state index contributed by atoms with van der Waals surface area (Å²) in [6.45, 7) is -0.0707. The summed E-state index contributed by atoms with van der Waals surface area (Å²) in [5.41, 5.74) is -0.929. The summed E-state index contributed by atoms with van der Waals surface area (Å²) < 4.78 is 28.8. The van der Waals surface area contributed by atoms with E-state index < -0.39 is 15.4 Å². The van der Waals surface area contributed by atoms with Crippen LogP contribution in [0.4, 0.5) is 0 Å². The van der Waals surface area contributed by atoms with Crippen molar-refractivity contribution in [2.24, 2.45) is 0 Å². The molecule has 1 atom stereocenters. The molecule has 1 heterocycles. The Labute approximate surface area is 142 Å². The van der Waals surface area contributed by atoms with Crippen LogP contribution in [0.3, 0.4) is 0 Å². The first-order valence-electron chi connectivity index (χ1n) is 8.33. The maximum absolute atomic E-state index is 12.3. The number of nitrogens with one attached hydrogen (secondary N) is 1. The van der Waals surface area contributed by atoms with Crippen molar-refractivity contribution in [3.63, 3.8) is 0 Å². The zero-order valence-electron chi connectivity index (χ0n) is 13.5. The van der Waals surface area contributed by atoms with Gasteiger partial charge < -0.3 is 15.2 Å². The number of sulfone groups is 1. The average molecular weight is 353 g/mol. The summed E-state index contributed by atoms with van der Waals surface area (Å²) in [7, 11) is -3.21. The molecule has 2 fully saturated rings. The van der Waals surface area contributed by atoms with Gasteiger partial charge in [-0.1, -0.05) is 6.07 Å². The molecule has 0 spiro atoms. The number of hydrogen-bond donors (Lipinski definition) is 2. The minimum atomic E-state index is -3.21. The Hall–Kier alpha value is -1.60. The summed E-state index contributed by atoms with van der Waals surface area (Å²) in [5, 5.41) is 12.9. The van der Waals surface area contributed by atoms with E-state index in [1.54, 1.807) is 18.2 Å². The average Bonchev–Trinajstić information content (AvgIpc) is 3.13. The molecule has 3 rings (SSSR count). The van der Waals surface area contributed by atoms with Gasteiger partial charge in [0, 0.05) is 12.1 Å². The van der Waals surface area contributed by atoms with Crippen LogP contribution in [0, 0.1) is 0 Å². The second-order valence-corrected chi connectivity index (χ2v) is 8.99. The second kappa shape index (κ2) is 6.72. The molecule has 24 heavy (non-hydrogen) atoms. The molecular weight excluding hydrogens is 330 g/mol. The third-order valence-electron chi connectivity index (χ3n) is 4.65. The van der Waals surface area contributed by atoms with Crippen molar-refractivity contribution in [1.29, 1.82) is 0 Å². The van der Waals surface area contributed by atoms with Crippen LogP contribution in [0.15, 0.2) is 24.3 Å². The number of aliphatic hydroxyl groups is 1. The molecular formula is C17H23NO5S. The van der Waals surface area contributed by atoms with Gasteiger partial charge in [-0.05, 0) is 50.3 Å². The van der Waals surface area contributed by atoms with E-state index in [1.807, 2.05) is 6.07 Å². The van der Waals surface area contributed by atoms with E-state index in [1.165, 1.54) is 12.8 Å². The van der Waals surface area contributed by atoms with Crippen LogP contribution >= 0.6 is 0 Å². The summed E-state index contributed by atoms with van der Waals surface area (Å²) in [6.07, 6.45) is 4.79. The third kappa shape index (κ3) is 4.27. The van der Waals surface area contributed by atoms with Crippen LogP contribution in [-0.4, -0.2) is 49.2 Å². The molecule has 0 aromatic heterocycles. The standard InChI is InChI=1S/C17H23NO5S/c19-16(18-11-17(20)8-9-24(21,22)12-17)13-4-3-7-15(10-13)23-14-5-1-2-6-14/h3-4,7,10,14,20H,1-2,5-6,8-9,11-12H2,(H,18,19). The zero-order chi connectivity index (χ0) is 17.2. The monoisotopic (exact) mass is 353 g/mol. The SMILES string of the molecule is O=C(NCC1(O)CCS(=O)(=O)C1)c1cccc(OC2CCCC2)c1. The molecule has 2 aliphatic rings. The zero-order valence-corrected chi connectivity index (χ0v) is 14.3. The van der Waals surface area contributed by atoms with Crippen LogP contribution in [0.25, 0.3) is 0 Å². The van der Waals surface area contributed by atoms with Crippen molar-refractivity contribution < 1.29 is 23.1 Å². The van der Waals surface area contributed by atoms with E-state index >= 15 is 0 Å². The fourth-order valence-electron chi connectivity index (χ4n) is 3.29. The molecule has 0 radical (unpaired) electrons. The van der Waals surface area contributed by atoms with Gasteiger partial charge in [0.05, 0.1) is 23.2 Å². The predicted octanol–water partition coefficient (Wildman–Crippen LogP) is 1.29. The molecule has 7 heteroatoms. The predicted molar refractivity (Wildman–Crippen MR) is 89.9 cm³/mol. The number of rotatable bonds is 5. The van der Waals surface area contributed by atoms with E-state index in [9.17, 15) is 18.3 Å². The van der Waals surface area contributed by atoms with Crippen molar-refractivity contribution in [2.75, 3.05) is 18.1 Å². The fourth-order valence-corrected chi connectivity index (χ4v) is 5.20. The topological polar surface area (TPSA) is 92.7 Å². The van der Waals surface area contributed by atoms with Gasteiger partial charge in [-0.25, -0.2) is 8.42 Å². The lowest BCUT2D eigenvalue weighted by atomic mass is 10.0. The lowest BCUT2D eigenvalue weighted by Crippen LogP contribution is -2.43. The Morgan fingerprint density at radius 2 is 2.08 bits per heavy atom. The second-order valence-electron chi connectivity index (χ2n) is 6.80. The molecule has 0 bridgehead atoms. The number of ether oxygens (including phenoxy) is 1. The van der Waals surface area contributed by atoms with Gasteiger partial charge in [0.25, 0.3) is 5.91 Å². The number of benzene rings is 1. The highest BCUT2D eigenvalue weighted by Gasteiger charge is 2.40. The van der Waals surface area contributed by atoms with Crippen LogP contribution in [0.2, 0.25) is 0 Å². The summed E-state index contributed by atoms with van der Waals surface area (Å²) in [4.78, 5) is 12.3.